The Hall–Kier alpha value is -2.99. The Morgan fingerprint density at radius 1 is 1.07 bits per heavy atom. The maximum absolute atomic E-state index is 14.4. The number of ketones is 1. The molecule has 148 valence electrons. The Labute approximate surface area is 172 Å². The summed E-state index contributed by atoms with van der Waals surface area (Å²) in [6.07, 6.45) is 3.39. The van der Waals surface area contributed by atoms with Gasteiger partial charge in [-0.15, -0.1) is 0 Å². The van der Waals surface area contributed by atoms with Crippen LogP contribution in [0.4, 0.5) is 21.5 Å². The van der Waals surface area contributed by atoms with E-state index in [4.69, 9.17) is 0 Å². The Balaban J connectivity index is 1.59. The first-order valence-corrected chi connectivity index (χ1v) is 10.5. The second-order valence-electron chi connectivity index (χ2n) is 7.24. The van der Waals surface area contributed by atoms with Crippen molar-refractivity contribution in [3.05, 3.63) is 75.2 Å². The molecule has 4 rings (SSSR count). The van der Waals surface area contributed by atoms with Crippen molar-refractivity contribution in [1.29, 1.82) is 0 Å². The monoisotopic (exact) mass is 408 g/mol. The zero-order valence-electron chi connectivity index (χ0n) is 16.0. The largest absolute Gasteiger partial charge is 0.355 e. The quantitative estimate of drug-likeness (QED) is 0.513. The van der Waals surface area contributed by atoms with Gasteiger partial charge in [-0.1, -0.05) is 0 Å². The fraction of sp³-hybridized carbons (Fsp3) is 0.217. The zero-order valence-corrected chi connectivity index (χ0v) is 16.9. The van der Waals surface area contributed by atoms with E-state index in [1.54, 1.807) is 22.9 Å². The zero-order chi connectivity index (χ0) is 20.4. The van der Waals surface area contributed by atoms with Crippen molar-refractivity contribution in [2.45, 2.75) is 32.6 Å². The highest BCUT2D eigenvalue weighted by Crippen LogP contribution is 2.30. The molecule has 1 aliphatic rings. The lowest BCUT2D eigenvalue weighted by Gasteiger charge is -2.15. The molecule has 0 atom stereocenters. The minimum Gasteiger partial charge on any atom is -0.355 e. The molecule has 0 saturated heterocycles. The van der Waals surface area contributed by atoms with Crippen LogP contribution in [0.1, 0.15) is 51.1 Å². The molecule has 0 radical (unpaired) electrons. The standard InChI is InChI=1S/C23H21FN2O2S/c1-14-10-19(24)21(26-23(28)16-8-9-29-13-16)12-20(14)25-17-6-7-18-15(11-17)4-2-3-5-22(18)27/h6-13,25H,2-5H2,1H3,(H,26,28). The average molecular weight is 408 g/mol. The number of anilines is 3. The van der Waals surface area contributed by atoms with Crippen LogP contribution in [0.2, 0.25) is 0 Å². The van der Waals surface area contributed by atoms with Crippen molar-refractivity contribution in [1.82, 2.24) is 0 Å². The predicted octanol–water partition coefficient (Wildman–Crippen LogP) is 6.10. The van der Waals surface area contributed by atoms with Gasteiger partial charge in [-0.05, 0) is 79.1 Å². The summed E-state index contributed by atoms with van der Waals surface area (Å²) >= 11 is 1.41. The number of rotatable bonds is 4. The van der Waals surface area contributed by atoms with E-state index < -0.39 is 5.82 Å². The van der Waals surface area contributed by atoms with E-state index in [9.17, 15) is 14.0 Å². The van der Waals surface area contributed by atoms with Gasteiger partial charge in [-0.2, -0.15) is 11.3 Å². The van der Waals surface area contributed by atoms with Crippen LogP contribution in [0.25, 0.3) is 0 Å². The van der Waals surface area contributed by atoms with Gasteiger partial charge >= 0.3 is 0 Å². The number of nitrogens with one attached hydrogen (secondary N) is 2. The fourth-order valence-electron chi connectivity index (χ4n) is 3.53. The van der Waals surface area contributed by atoms with Gasteiger partial charge in [0.15, 0.2) is 5.78 Å². The number of hydrogen-bond donors (Lipinski definition) is 2. The summed E-state index contributed by atoms with van der Waals surface area (Å²) in [5.41, 5.74) is 4.73. The van der Waals surface area contributed by atoms with E-state index in [0.717, 1.165) is 41.6 Å². The summed E-state index contributed by atoms with van der Waals surface area (Å²) in [6.45, 7) is 1.81. The van der Waals surface area contributed by atoms with E-state index in [-0.39, 0.29) is 17.4 Å². The van der Waals surface area contributed by atoms with Crippen molar-refractivity contribution in [3.8, 4) is 0 Å². The molecule has 1 amide bonds. The van der Waals surface area contributed by atoms with Gasteiger partial charge in [-0.3, -0.25) is 9.59 Å². The van der Waals surface area contributed by atoms with Crippen LogP contribution >= 0.6 is 11.3 Å². The van der Waals surface area contributed by atoms with Crippen LogP contribution in [-0.2, 0) is 6.42 Å². The number of aryl methyl sites for hydroxylation is 2. The predicted molar refractivity (Wildman–Crippen MR) is 115 cm³/mol. The number of carbonyl (C=O) groups excluding carboxylic acids is 2. The fourth-order valence-corrected chi connectivity index (χ4v) is 4.17. The van der Waals surface area contributed by atoms with Crippen molar-refractivity contribution in [2.75, 3.05) is 10.6 Å². The first kappa shape index (κ1) is 19.3. The number of Topliss-reactive ketones (excluding diaryl/α,β-unsaturated/α-hetero) is 1. The van der Waals surface area contributed by atoms with E-state index >= 15 is 0 Å². The topological polar surface area (TPSA) is 58.2 Å². The molecule has 2 aromatic carbocycles. The number of carbonyl (C=O) groups is 2. The Kier molecular flexibility index (Phi) is 5.45. The molecule has 4 nitrogen and oxygen atoms in total. The number of fused-ring (bicyclic) bond motifs is 1. The molecule has 0 bridgehead atoms. The van der Waals surface area contributed by atoms with E-state index in [2.05, 4.69) is 10.6 Å². The van der Waals surface area contributed by atoms with Crippen LogP contribution in [-0.4, -0.2) is 11.7 Å². The summed E-state index contributed by atoms with van der Waals surface area (Å²) in [7, 11) is 0. The van der Waals surface area contributed by atoms with E-state index in [1.807, 2.05) is 25.1 Å². The lowest BCUT2D eigenvalue weighted by Crippen LogP contribution is -2.12. The molecule has 1 aliphatic carbocycles. The van der Waals surface area contributed by atoms with Gasteiger partial charge in [0.2, 0.25) is 0 Å². The highest BCUT2D eigenvalue weighted by Gasteiger charge is 2.17. The number of benzene rings is 2. The number of hydrogen-bond acceptors (Lipinski definition) is 4. The minimum atomic E-state index is -0.482. The molecule has 6 heteroatoms. The average Bonchev–Trinajstić information content (AvgIpc) is 3.17. The molecule has 0 spiro atoms. The second-order valence-corrected chi connectivity index (χ2v) is 8.02. The molecule has 0 fully saturated rings. The second kappa shape index (κ2) is 8.17. The molecule has 0 unspecified atom stereocenters. The summed E-state index contributed by atoms with van der Waals surface area (Å²) in [6, 6.07) is 10.4. The van der Waals surface area contributed by atoms with Gasteiger partial charge in [0.05, 0.1) is 11.3 Å². The van der Waals surface area contributed by atoms with Gasteiger partial charge in [0.25, 0.3) is 5.91 Å². The van der Waals surface area contributed by atoms with E-state index in [1.165, 1.54) is 17.4 Å². The first-order chi connectivity index (χ1) is 14.0. The number of halogens is 1. The number of thiophene rings is 1. The molecule has 0 saturated carbocycles. The smallest absolute Gasteiger partial charge is 0.256 e. The summed E-state index contributed by atoms with van der Waals surface area (Å²) < 4.78 is 14.4. The molecule has 3 aromatic rings. The molecular formula is C23H21FN2O2S. The van der Waals surface area contributed by atoms with Crippen molar-refractivity contribution in [3.63, 3.8) is 0 Å². The van der Waals surface area contributed by atoms with Gasteiger partial charge in [-0.25, -0.2) is 4.39 Å². The molecule has 2 N–H and O–H groups in total. The van der Waals surface area contributed by atoms with Crippen molar-refractivity contribution >= 4 is 40.1 Å². The normalized spacial score (nSPS) is 13.5. The highest BCUT2D eigenvalue weighted by molar-refractivity contribution is 7.08. The van der Waals surface area contributed by atoms with Crippen LogP contribution in [0.3, 0.4) is 0 Å². The van der Waals surface area contributed by atoms with E-state index in [0.29, 0.717) is 17.7 Å². The van der Waals surface area contributed by atoms with Crippen molar-refractivity contribution < 1.29 is 14.0 Å². The number of amides is 1. The molecular weight excluding hydrogens is 387 g/mol. The summed E-state index contributed by atoms with van der Waals surface area (Å²) in [4.78, 5) is 24.5. The van der Waals surface area contributed by atoms with Crippen LogP contribution in [0.15, 0.2) is 47.2 Å². The van der Waals surface area contributed by atoms with Crippen LogP contribution < -0.4 is 10.6 Å². The lowest BCUT2D eigenvalue weighted by atomic mass is 10.0. The van der Waals surface area contributed by atoms with Gasteiger partial charge in [0, 0.05) is 28.7 Å². The maximum atomic E-state index is 14.4. The third-order valence-electron chi connectivity index (χ3n) is 5.13. The van der Waals surface area contributed by atoms with Crippen LogP contribution in [0.5, 0.6) is 0 Å². The Bertz CT molecular complexity index is 1080. The van der Waals surface area contributed by atoms with Crippen molar-refractivity contribution in [2.24, 2.45) is 0 Å². The minimum absolute atomic E-state index is 0.124. The van der Waals surface area contributed by atoms with Crippen LogP contribution in [0, 0.1) is 12.7 Å². The SMILES string of the molecule is Cc1cc(F)c(NC(=O)c2ccsc2)cc1Nc1ccc2c(c1)CCCCC2=O. The van der Waals surface area contributed by atoms with Gasteiger partial charge < -0.3 is 10.6 Å². The summed E-state index contributed by atoms with van der Waals surface area (Å²) in [5, 5.41) is 9.47. The molecule has 0 aliphatic heterocycles. The maximum Gasteiger partial charge on any atom is 0.256 e. The molecule has 29 heavy (non-hydrogen) atoms. The molecule has 1 heterocycles. The lowest BCUT2D eigenvalue weighted by molar-refractivity contribution is 0.0980. The highest BCUT2D eigenvalue weighted by atomic mass is 32.1. The first-order valence-electron chi connectivity index (χ1n) is 9.58. The molecule has 1 aromatic heterocycles. The van der Waals surface area contributed by atoms with Gasteiger partial charge in [0.1, 0.15) is 5.82 Å². The Morgan fingerprint density at radius 2 is 1.90 bits per heavy atom. The third kappa shape index (κ3) is 4.22. The Morgan fingerprint density at radius 3 is 2.69 bits per heavy atom. The third-order valence-corrected chi connectivity index (χ3v) is 5.81. The summed E-state index contributed by atoms with van der Waals surface area (Å²) in [5.74, 6) is -0.631.